The first-order chi connectivity index (χ1) is 8.54. The summed E-state index contributed by atoms with van der Waals surface area (Å²) in [6.07, 6.45) is 0. The predicted molar refractivity (Wildman–Crippen MR) is 70.6 cm³/mol. The van der Waals surface area contributed by atoms with Crippen molar-refractivity contribution >= 4 is 0 Å². The maximum atomic E-state index is 10.0. The molecule has 2 aromatic rings. The van der Waals surface area contributed by atoms with E-state index < -0.39 is 0 Å². The van der Waals surface area contributed by atoms with E-state index in [9.17, 15) is 5.11 Å². The van der Waals surface area contributed by atoms with Crippen molar-refractivity contribution in [1.82, 2.24) is 9.78 Å². The molecular formula is C14H18N2O2. The van der Waals surface area contributed by atoms with E-state index >= 15 is 0 Å². The van der Waals surface area contributed by atoms with E-state index in [1.807, 2.05) is 38.1 Å². The summed E-state index contributed by atoms with van der Waals surface area (Å²) in [7, 11) is 1.64. The van der Waals surface area contributed by atoms with Crippen molar-refractivity contribution in [2.75, 3.05) is 7.11 Å². The highest BCUT2D eigenvalue weighted by molar-refractivity contribution is 5.43. The van der Waals surface area contributed by atoms with Gasteiger partial charge in [0, 0.05) is 0 Å². The van der Waals surface area contributed by atoms with Crippen LogP contribution in [-0.4, -0.2) is 22.0 Å². The molecule has 0 aliphatic carbocycles. The van der Waals surface area contributed by atoms with Crippen molar-refractivity contribution in [3.8, 4) is 17.2 Å². The van der Waals surface area contributed by atoms with Gasteiger partial charge in [0.05, 0.1) is 18.5 Å². The Bertz CT molecular complexity index is 542. The molecule has 0 aliphatic heterocycles. The predicted octanol–water partition coefficient (Wildman–Crippen LogP) is 3.02. The molecule has 1 heterocycles. The Hall–Kier alpha value is -1.97. The zero-order chi connectivity index (χ0) is 13.3. The van der Waals surface area contributed by atoms with E-state index in [0.29, 0.717) is 5.69 Å². The van der Waals surface area contributed by atoms with Gasteiger partial charge in [-0.05, 0) is 37.1 Å². The number of nitrogens with zero attached hydrogens (tertiary/aromatic N) is 2. The molecule has 0 saturated heterocycles. The number of aromatic nitrogens is 2. The molecule has 4 nitrogen and oxygen atoms in total. The van der Waals surface area contributed by atoms with E-state index in [1.165, 1.54) is 0 Å². The SMILES string of the molecule is COc1ccc(-n2nc(C)c(O)c2C(C)C)cc1. The minimum atomic E-state index is 0.202. The number of rotatable bonds is 3. The van der Waals surface area contributed by atoms with Crippen molar-refractivity contribution in [3.63, 3.8) is 0 Å². The average Bonchev–Trinajstić information content (AvgIpc) is 2.66. The van der Waals surface area contributed by atoms with Crippen LogP contribution in [0.5, 0.6) is 11.5 Å². The Labute approximate surface area is 107 Å². The van der Waals surface area contributed by atoms with Gasteiger partial charge in [-0.2, -0.15) is 5.10 Å². The highest BCUT2D eigenvalue weighted by Crippen LogP contribution is 2.31. The number of methoxy groups -OCH3 is 1. The van der Waals surface area contributed by atoms with Crippen LogP contribution >= 0.6 is 0 Å². The number of hydrogen-bond donors (Lipinski definition) is 1. The molecule has 0 fully saturated rings. The van der Waals surface area contributed by atoms with Crippen LogP contribution in [0.1, 0.15) is 31.2 Å². The molecule has 0 aliphatic rings. The number of hydrogen-bond acceptors (Lipinski definition) is 3. The molecule has 1 N–H and O–H groups in total. The van der Waals surface area contributed by atoms with Crippen LogP contribution in [-0.2, 0) is 0 Å². The minimum absolute atomic E-state index is 0.202. The number of aromatic hydroxyl groups is 1. The van der Waals surface area contributed by atoms with Crippen LogP contribution in [0.3, 0.4) is 0 Å². The van der Waals surface area contributed by atoms with Gasteiger partial charge >= 0.3 is 0 Å². The molecule has 0 unspecified atom stereocenters. The van der Waals surface area contributed by atoms with Gasteiger partial charge in [0.15, 0.2) is 5.75 Å². The van der Waals surface area contributed by atoms with Gasteiger partial charge in [-0.25, -0.2) is 4.68 Å². The van der Waals surface area contributed by atoms with Crippen molar-refractivity contribution < 1.29 is 9.84 Å². The van der Waals surface area contributed by atoms with Crippen molar-refractivity contribution in [2.45, 2.75) is 26.7 Å². The molecule has 0 amide bonds. The fourth-order valence-corrected chi connectivity index (χ4v) is 1.98. The molecule has 1 aromatic heterocycles. The fraction of sp³-hybridized carbons (Fsp3) is 0.357. The fourth-order valence-electron chi connectivity index (χ4n) is 1.98. The molecule has 18 heavy (non-hydrogen) atoms. The summed E-state index contributed by atoms with van der Waals surface area (Å²) in [5, 5.41) is 14.4. The first-order valence-corrected chi connectivity index (χ1v) is 5.97. The summed E-state index contributed by atoms with van der Waals surface area (Å²) in [5.41, 5.74) is 2.40. The molecule has 0 atom stereocenters. The first kappa shape index (κ1) is 12.5. The molecule has 1 aromatic carbocycles. The normalized spacial score (nSPS) is 10.9. The quantitative estimate of drug-likeness (QED) is 0.905. The van der Waals surface area contributed by atoms with Gasteiger partial charge in [0.2, 0.25) is 0 Å². The zero-order valence-electron chi connectivity index (χ0n) is 11.1. The second kappa shape index (κ2) is 4.72. The highest BCUT2D eigenvalue weighted by Gasteiger charge is 2.18. The summed E-state index contributed by atoms with van der Waals surface area (Å²) in [6.45, 7) is 5.88. The van der Waals surface area contributed by atoms with Gasteiger partial charge in [-0.15, -0.1) is 0 Å². The maximum absolute atomic E-state index is 10.0. The lowest BCUT2D eigenvalue weighted by Crippen LogP contribution is -2.03. The van der Waals surface area contributed by atoms with Crippen LogP contribution in [0.4, 0.5) is 0 Å². The maximum Gasteiger partial charge on any atom is 0.160 e. The van der Waals surface area contributed by atoms with Crippen molar-refractivity contribution in [2.24, 2.45) is 0 Å². The van der Waals surface area contributed by atoms with Gasteiger partial charge in [-0.3, -0.25) is 0 Å². The van der Waals surface area contributed by atoms with Crippen LogP contribution < -0.4 is 4.74 Å². The van der Waals surface area contributed by atoms with Crippen LogP contribution in [0.25, 0.3) is 5.69 Å². The number of ether oxygens (including phenoxy) is 1. The third kappa shape index (κ3) is 2.06. The monoisotopic (exact) mass is 246 g/mol. The van der Waals surface area contributed by atoms with Gasteiger partial charge in [-0.1, -0.05) is 13.8 Å². The third-order valence-corrected chi connectivity index (χ3v) is 2.93. The molecule has 96 valence electrons. The van der Waals surface area contributed by atoms with Crippen LogP contribution in [0.15, 0.2) is 24.3 Å². The lowest BCUT2D eigenvalue weighted by atomic mass is 10.1. The summed E-state index contributed by atoms with van der Waals surface area (Å²) in [6, 6.07) is 7.62. The summed E-state index contributed by atoms with van der Waals surface area (Å²) < 4.78 is 6.92. The van der Waals surface area contributed by atoms with E-state index in [1.54, 1.807) is 18.7 Å². The Morgan fingerprint density at radius 1 is 1.22 bits per heavy atom. The summed E-state index contributed by atoms with van der Waals surface area (Å²) in [5.74, 6) is 1.28. The Morgan fingerprint density at radius 3 is 2.33 bits per heavy atom. The zero-order valence-corrected chi connectivity index (χ0v) is 11.1. The third-order valence-electron chi connectivity index (χ3n) is 2.93. The molecule has 0 saturated carbocycles. The smallest absolute Gasteiger partial charge is 0.160 e. The van der Waals surface area contributed by atoms with E-state index in [4.69, 9.17) is 4.74 Å². The van der Waals surface area contributed by atoms with Gasteiger partial charge in [0.1, 0.15) is 11.4 Å². The van der Waals surface area contributed by atoms with E-state index in [-0.39, 0.29) is 11.7 Å². The largest absolute Gasteiger partial charge is 0.504 e. The van der Waals surface area contributed by atoms with Crippen molar-refractivity contribution in [3.05, 3.63) is 35.7 Å². The lowest BCUT2D eigenvalue weighted by molar-refractivity contribution is 0.414. The number of benzene rings is 1. The molecule has 0 spiro atoms. The standard InChI is InChI=1S/C14H18N2O2/c1-9(2)13-14(17)10(3)15-16(13)11-5-7-12(18-4)8-6-11/h5-9,17H,1-4H3. The molecule has 0 bridgehead atoms. The summed E-state index contributed by atoms with van der Waals surface area (Å²) >= 11 is 0. The molecule has 0 radical (unpaired) electrons. The van der Waals surface area contributed by atoms with Crippen molar-refractivity contribution in [1.29, 1.82) is 0 Å². The topological polar surface area (TPSA) is 47.3 Å². The lowest BCUT2D eigenvalue weighted by Gasteiger charge is -2.10. The molecule has 2 rings (SSSR count). The summed E-state index contributed by atoms with van der Waals surface area (Å²) in [4.78, 5) is 0. The average molecular weight is 246 g/mol. The molecule has 4 heteroatoms. The van der Waals surface area contributed by atoms with Gasteiger partial charge < -0.3 is 9.84 Å². The second-order valence-electron chi connectivity index (χ2n) is 4.58. The van der Waals surface area contributed by atoms with E-state index in [0.717, 1.165) is 17.1 Å². The Morgan fingerprint density at radius 2 is 1.83 bits per heavy atom. The van der Waals surface area contributed by atoms with Crippen LogP contribution in [0.2, 0.25) is 0 Å². The highest BCUT2D eigenvalue weighted by atomic mass is 16.5. The second-order valence-corrected chi connectivity index (χ2v) is 4.58. The Balaban J connectivity index is 2.52. The van der Waals surface area contributed by atoms with Crippen LogP contribution in [0, 0.1) is 6.92 Å². The Kier molecular flexibility index (Phi) is 3.28. The number of aryl methyl sites for hydroxylation is 1. The van der Waals surface area contributed by atoms with E-state index in [2.05, 4.69) is 5.10 Å². The minimum Gasteiger partial charge on any atom is -0.504 e. The molecular weight excluding hydrogens is 228 g/mol. The first-order valence-electron chi connectivity index (χ1n) is 5.97. The van der Waals surface area contributed by atoms with Gasteiger partial charge in [0.25, 0.3) is 0 Å².